The summed E-state index contributed by atoms with van der Waals surface area (Å²) in [5.74, 6) is -0.513. The second-order valence-electron chi connectivity index (χ2n) is 4.45. The molecule has 0 amide bonds. The molecule has 0 radical (unpaired) electrons. The average molecular weight is 373 g/mol. The minimum Gasteiger partial charge on any atom is -0.456 e. The van der Waals surface area contributed by atoms with Gasteiger partial charge in [0, 0.05) is 6.54 Å². The maximum absolute atomic E-state index is 12.1. The summed E-state index contributed by atoms with van der Waals surface area (Å²) < 4.78 is 7.95. The van der Waals surface area contributed by atoms with Crippen LogP contribution in [0.3, 0.4) is 0 Å². The third-order valence-corrected chi connectivity index (χ3v) is 4.49. The Morgan fingerprint density at radius 1 is 1.52 bits per heavy atom. The first-order chi connectivity index (χ1) is 9.95. The van der Waals surface area contributed by atoms with Gasteiger partial charge < -0.3 is 10.5 Å². The minimum atomic E-state index is -0.513. The fourth-order valence-corrected chi connectivity index (χ4v) is 2.53. The highest BCUT2D eigenvalue weighted by Crippen LogP contribution is 2.25. The molecule has 0 aliphatic carbocycles. The first kappa shape index (κ1) is 15.9. The van der Waals surface area contributed by atoms with Gasteiger partial charge in [0.05, 0.1) is 32.1 Å². The van der Waals surface area contributed by atoms with E-state index in [1.165, 1.54) is 0 Å². The quantitative estimate of drug-likeness (QED) is 0.658. The van der Waals surface area contributed by atoms with Gasteiger partial charge in [-0.3, -0.25) is 4.68 Å². The number of anilines is 1. The zero-order chi connectivity index (χ0) is 15.6. The Balaban J connectivity index is 2.17. The van der Waals surface area contributed by atoms with Gasteiger partial charge in [0.15, 0.2) is 0 Å². The second-order valence-corrected chi connectivity index (χ2v) is 5.62. The molecule has 0 saturated heterocycles. The van der Waals surface area contributed by atoms with Gasteiger partial charge in [-0.25, -0.2) is 4.79 Å². The molecule has 0 spiro atoms. The second kappa shape index (κ2) is 6.49. The van der Waals surface area contributed by atoms with E-state index in [1.807, 2.05) is 13.8 Å². The van der Waals surface area contributed by atoms with Crippen LogP contribution in [0.25, 0.3) is 0 Å². The highest BCUT2D eigenvalue weighted by atomic mass is 79.9. The topological polar surface area (TPSA) is 70.1 Å². The number of hydrogen-bond acceptors (Lipinski definition) is 4. The molecule has 0 bridgehead atoms. The summed E-state index contributed by atoms with van der Waals surface area (Å²) in [6.07, 6.45) is 0. The number of ether oxygens (including phenoxy) is 1. The molecule has 0 fully saturated rings. The molecular weight excluding hydrogens is 358 g/mol. The normalized spacial score (nSPS) is 10.7. The molecule has 7 heteroatoms. The largest absolute Gasteiger partial charge is 0.456 e. The van der Waals surface area contributed by atoms with Crippen molar-refractivity contribution >= 4 is 39.2 Å². The average Bonchev–Trinajstić information content (AvgIpc) is 2.74. The van der Waals surface area contributed by atoms with Crippen molar-refractivity contribution in [2.75, 3.05) is 5.73 Å². The SMILES string of the molecule is CCn1nc(C)c(Br)c1COC(=O)c1cccc(N)c1Cl. The Kier molecular flexibility index (Phi) is 4.90. The van der Waals surface area contributed by atoms with E-state index in [4.69, 9.17) is 22.1 Å². The predicted molar refractivity (Wildman–Crippen MR) is 85.3 cm³/mol. The minimum absolute atomic E-state index is 0.110. The van der Waals surface area contributed by atoms with Crippen LogP contribution in [-0.2, 0) is 17.9 Å². The van der Waals surface area contributed by atoms with Crippen LogP contribution in [-0.4, -0.2) is 15.7 Å². The molecular formula is C14H15BrClN3O2. The molecule has 2 N–H and O–H groups in total. The van der Waals surface area contributed by atoms with Gasteiger partial charge in [0.2, 0.25) is 0 Å². The van der Waals surface area contributed by atoms with Crippen molar-refractivity contribution in [3.8, 4) is 0 Å². The number of aryl methyl sites for hydroxylation is 2. The van der Waals surface area contributed by atoms with Crippen molar-refractivity contribution in [2.24, 2.45) is 0 Å². The third kappa shape index (κ3) is 3.22. The number of nitrogen functional groups attached to an aromatic ring is 1. The molecule has 2 rings (SSSR count). The fraction of sp³-hybridized carbons (Fsp3) is 0.286. The summed E-state index contributed by atoms with van der Waals surface area (Å²) in [6.45, 7) is 4.66. The van der Waals surface area contributed by atoms with Crippen LogP contribution in [0.15, 0.2) is 22.7 Å². The van der Waals surface area contributed by atoms with Gasteiger partial charge in [-0.2, -0.15) is 5.10 Å². The van der Waals surface area contributed by atoms with Crippen LogP contribution in [0.4, 0.5) is 5.69 Å². The van der Waals surface area contributed by atoms with Crippen molar-refractivity contribution in [1.29, 1.82) is 0 Å². The number of hydrogen-bond donors (Lipinski definition) is 1. The maximum Gasteiger partial charge on any atom is 0.340 e. The molecule has 1 heterocycles. The summed E-state index contributed by atoms with van der Waals surface area (Å²) in [4.78, 5) is 12.1. The zero-order valence-electron chi connectivity index (χ0n) is 11.7. The third-order valence-electron chi connectivity index (χ3n) is 3.04. The van der Waals surface area contributed by atoms with Crippen LogP contribution >= 0.6 is 27.5 Å². The molecule has 0 saturated carbocycles. The van der Waals surface area contributed by atoms with Crippen LogP contribution in [0, 0.1) is 6.92 Å². The number of esters is 1. The molecule has 2 aromatic rings. The molecule has 1 aromatic carbocycles. The van der Waals surface area contributed by atoms with Gasteiger partial charge >= 0.3 is 5.97 Å². The van der Waals surface area contributed by atoms with Crippen LogP contribution < -0.4 is 5.73 Å². The van der Waals surface area contributed by atoms with E-state index in [0.29, 0.717) is 12.2 Å². The Morgan fingerprint density at radius 3 is 2.90 bits per heavy atom. The van der Waals surface area contributed by atoms with Crippen molar-refractivity contribution in [1.82, 2.24) is 9.78 Å². The van der Waals surface area contributed by atoms with Crippen molar-refractivity contribution in [3.63, 3.8) is 0 Å². The number of carbonyl (C=O) groups excluding carboxylic acids is 1. The molecule has 0 aliphatic rings. The van der Waals surface area contributed by atoms with Crippen LogP contribution in [0.5, 0.6) is 0 Å². The van der Waals surface area contributed by atoms with Crippen LogP contribution in [0.2, 0.25) is 5.02 Å². The van der Waals surface area contributed by atoms with Crippen molar-refractivity contribution < 1.29 is 9.53 Å². The smallest absolute Gasteiger partial charge is 0.340 e. The van der Waals surface area contributed by atoms with Crippen molar-refractivity contribution in [3.05, 3.63) is 44.6 Å². The molecule has 0 atom stereocenters. The number of aromatic nitrogens is 2. The Labute approximate surface area is 136 Å². The van der Waals surface area contributed by atoms with E-state index in [9.17, 15) is 4.79 Å². The highest BCUT2D eigenvalue weighted by molar-refractivity contribution is 9.10. The summed E-state index contributed by atoms with van der Waals surface area (Å²) in [6, 6.07) is 4.87. The van der Waals surface area contributed by atoms with Gasteiger partial charge in [-0.15, -0.1) is 0 Å². The van der Waals surface area contributed by atoms with E-state index >= 15 is 0 Å². The number of nitrogens with zero attached hydrogens (tertiary/aromatic N) is 2. The Morgan fingerprint density at radius 2 is 2.24 bits per heavy atom. The Bertz CT molecular complexity index is 685. The van der Waals surface area contributed by atoms with Gasteiger partial charge in [0.1, 0.15) is 6.61 Å². The first-order valence-electron chi connectivity index (χ1n) is 6.38. The van der Waals surface area contributed by atoms with Crippen LogP contribution in [0.1, 0.15) is 28.7 Å². The van der Waals surface area contributed by atoms with Crippen molar-refractivity contribution in [2.45, 2.75) is 27.0 Å². The zero-order valence-corrected chi connectivity index (χ0v) is 14.0. The van der Waals surface area contributed by atoms with Gasteiger partial charge in [0.25, 0.3) is 0 Å². The number of benzene rings is 1. The molecule has 112 valence electrons. The number of halogens is 2. The van der Waals surface area contributed by atoms with E-state index in [2.05, 4.69) is 21.0 Å². The lowest BCUT2D eigenvalue weighted by Crippen LogP contribution is -2.10. The van der Waals surface area contributed by atoms with E-state index in [-0.39, 0.29) is 17.2 Å². The fourth-order valence-electron chi connectivity index (χ4n) is 1.93. The molecule has 5 nitrogen and oxygen atoms in total. The summed E-state index contributed by atoms with van der Waals surface area (Å²) >= 11 is 9.46. The first-order valence-corrected chi connectivity index (χ1v) is 7.55. The lowest BCUT2D eigenvalue weighted by Gasteiger charge is -2.09. The monoisotopic (exact) mass is 371 g/mol. The maximum atomic E-state index is 12.1. The number of nitrogens with two attached hydrogens (primary N) is 1. The van der Waals surface area contributed by atoms with E-state index in [0.717, 1.165) is 15.9 Å². The van der Waals surface area contributed by atoms with E-state index < -0.39 is 5.97 Å². The van der Waals surface area contributed by atoms with E-state index in [1.54, 1.807) is 22.9 Å². The molecule has 1 aromatic heterocycles. The lowest BCUT2D eigenvalue weighted by molar-refractivity contribution is 0.0462. The number of carbonyl (C=O) groups is 1. The Hall–Kier alpha value is -1.53. The molecule has 0 aliphatic heterocycles. The summed E-state index contributed by atoms with van der Waals surface area (Å²) in [5, 5.41) is 4.55. The summed E-state index contributed by atoms with van der Waals surface area (Å²) in [5.41, 5.74) is 7.94. The molecule has 0 unspecified atom stereocenters. The lowest BCUT2D eigenvalue weighted by atomic mass is 10.2. The van der Waals surface area contributed by atoms with Gasteiger partial charge in [-0.05, 0) is 41.9 Å². The predicted octanol–water partition coefficient (Wildman–Crippen LogP) is 3.57. The number of rotatable bonds is 4. The summed E-state index contributed by atoms with van der Waals surface area (Å²) in [7, 11) is 0. The molecule has 21 heavy (non-hydrogen) atoms. The van der Waals surface area contributed by atoms with Gasteiger partial charge in [-0.1, -0.05) is 17.7 Å². The highest BCUT2D eigenvalue weighted by Gasteiger charge is 2.17. The standard InChI is InChI=1S/C14H15BrClN3O2/c1-3-19-11(12(15)8(2)18-19)7-21-14(20)9-5-4-6-10(17)13(9)16/h4-6H,3,7,17H2,1-2H3.